The molecule has 1 unspecified atom stereocenters. The van der Waals surface area contributed by atoms with Crippen molar-refractivity contribution in [1.82, 2.24) is 9.78 Å². The van der Waals surface area contributed by atoms with Gasteiger partial charge in [-0.25, -0.2) is 13.5 Å². The average Bonchev–Trinajstić information content (AvgIpc) is 3.09. The molecule has 0 spiro atoms. The lowest BCUT2D eigenvalue weighted by atomic mass is 10.0. The number of benzene rings is 1. The van der Waals surface area contributed by atoms with Crippen molar-refractivity contribution in [2.45, 2.75) is 23.9 Å². The lowest BCUT2D eigenvalue weighted by Crippen LogP contribution is -2.27. The third-order valence-corrected chi connectivity index (χ3v) is 4.17. The molecule has 0 aliphatic heterocycles. The number of aromatic nitrogens is 2. The van der Waals surface area contributed by atoms with Crippen molar-refractivity contribution < 1.29 is 8.78 Å². The zero-order chi connectivity index (χ0) is 13.7. The summed E-state index contributed by atoms with van der Waals surface area (Å²) in [5, 5.41) is 4.28. The second-order valence-corrected chi connectivity index (χ2v) is 5.63. The first-order valence-corrected chi connectivity index (χ1v) is 6.60. The molecule has 3 nitrogen and oxygen atoms in total. The minimum Gasteiger partial charge on any atom is -0.384 e. The van der Waals surface area contributed by atoms with Crippen LogP contribution >= 0.6 is 9.24 Å². The van der Waals surface area contributed by atoms with E-state index in [0.29, 0.717) is 24.4 Å². The number of hydrogen-bond donors (Lipinski definition) is 1. The van der Waals surface area contributed by atoms with Gasteiger partial charge in [0.05, 0.1) is 16.8 Å². The Balaban J connectivity index is 2.04. The monoisotopic (exact) mass is 281 g/mol. The van der Waals surface area contributed by atoms with Crippen LogP contribution in [0.5, 0.6) is 0 Å². The summed E-state index contributed by atoms with van der Waals surface area (Å²) in [6.45, 7) is 0. The van der Waals surface area contributed by atoms with E-state index in [1.54, 1.807) is 15.3 Å². The number of halogens is 2. The Hall–Kier alpha value is -1.48. The molecule has 1 atom stereocenters. The lowest BCUT2D eigenvalue weighted by molar-refractivity contribution is 0.0573. The topological polar surface area (TPSA) is 43.8 Å². The van der Waals surface area contributed by atoms with Crippen LogP contribution in [-0.2, 0) is 5.41 Å². The zero-order valence-corrected chi connectivity index (χ0v) is 11.3. The van der Waals surface area contributed by atoms with Crippen LogP contribution in [0.15, 0.2) is 36.4 Å². The molecule has 100 valence electrons. The van der Waals surface area contributed by atoms with Crippen molar-refractivity contribution in [1.29, 1.82) is 0 Å². The van der Waals surface area contributed by atoms with Crippen molar-refractivity contribution in [3.8, 4) is 5.69 Å². The van der Waals surface area contributed by atoms with Crippen LogP contribution in [0.3, 0.4) is 0 Å². The first-order chi connectivity index (χ1) is 8.94. The minimum absolute atomic E-state index is 0.369. The van der Waals surface area contributed by atoms with Crippen molar-refractivity contribution in [3.05, 3.63) is 42.1 Å². The van der Waals surface area contributed by atoms with Gasteiger partial charge >= 0.3 is 0 Å². The largest absolute Gasteiger partial charge is 0.384 e. The van der Waals surface area contributed by atoms with Gasteiger partial charge in [0.25, 0.3) is 5.66 Å². The standard InChI is InChI=1S/C13H14F2N3P/c14-13(15,19)12(6-7-12)10-8-11(16)18(17-10)9-4-2-1-3-5-9/h1-5,8H,6-7,16,19H2. The fraction of sp³-hybridized carbons (Fsp3) is 0.308. The molecule has 2 N–H and O–H groups in total. The van der Waals surface area contributed by atoms with Crippen LogP contribution in [0.25, 0.3) is 5.69 Å². The van der Waals surface area contributed by atoms with Gasteiger partial charge in [-0.05, 0) is 25.0 Å². The molecule has 19 heavy (non-hydrogen) atoms. The van der Waals surface area contributed by atoms with Crippen LogP contribution in [0, 0.1) is 0 Å². The maximum absolute atomic E-state index is 13.7. The molecule has 3 rings (SSSR count). The third-order valence-electron chi connectivity index (χ3n) is 3.62. The molecule has 2 aromatic rings. The molecule has 0 radical (unpaired) electrons. The highest BCUT2D eigenvalue weighted by atomic mass is 31.0. The maximum atomic E-state index is 13.7. The third kappa shape index (κ3) is 1.93. The summed E-state index contributed by atoms with van der Waals surface area (Å²) in [6, 6.07) is 10.8. The summed E-state index contributed by atoms with van der Waals surface area (Å²) < 4.78 is 28.8. The van der Waals surface area contributed by atoms with Gasteiger partial charge in [0, 0.05) is 6.07 Å². The van der Waals surface area contributed by atoms with E-state index in [2.05, 4.69) is 5.10 Å². The molecule has 1 aromatic heterocycles. The second kappa shape index (κ2) is 4.01. The summed E-state index contributed by atoms with van der Waals surface area (Å²) >= 11 is 0. The Labute approximate surface area is 112 Å². The molecule has 0 bridgehead atoms. The molecule has 1 heterocycles. The summed E-state index contributed by atoms with van der Waals surface area (Å²) in [5.41, 5.74) is 3.02. The number of rotatable bonds is 3. The van der Waals surface area contributed by atoms with Gasteiger partial charge in [-0.15, -0.1) is 0 Å². The number of alkyl halides is 2. The van der Waals surface area contributed by atoms with Gasteiger partial charge in [0.15, 0.2) is 0 Å². The molecule has 1 aliphatic carbocycles. The molecule has 1 saturated carbocycles. The Bertz CT molecular complexity index is 600. The Kier molecular flexibility index (Phi) is 2.65. The predicted molar refractivity (Wildman–Crippen MR) is 73.5 cm³/mol. The summed E-state index contributed by atoms with van der Waals surface area (Å²) in [5.74, 6) is 0.377. The normalized spacial score (nSPS) is 17.4. The quantitative estimate of drug-likeness (QED) is 0.879. The van der Waals surface area contributed by atoms with E-state index in [4.69, 9.17) is 5.73 Å². The maximum Gasteiger partial charge on any atom is 0.269 e. The molecule has 0 amide bonds. The predicted octanol–water partition coefficient (Wildman–Crippen LogP) is 2.95. The summed E-state index contributed by atoms with van der Waals surface area (Å²) in [4.78, 5) is 0. The molecule has 6 heteroatoms. The molecule has 1 aromatic carbocycles. The first-order valence-electron chi connectivity index (χ1n) is 6.02. The van der Waals surface area contributed by atoms with Crippen molar-refractivity contribution >= 4 is 15.1 Å². The number of nitrogens with two attached hydrogens (primary N) is 1. The fourth-order valence-electron chi connectivity index (χ4n) is 2.29. The van der Waals surface area contributed by atoms with E-state index in [0.717, 1.165) is 5.69 Å². The van der Waals surface area contributed by atoms with E-state index < -0.39 is 11.1 Å². The molecule has 1 aliphatic rings. The number of anilines is 1. The Morgan fingerprint density at radius 3 is 2.42 bits per heavy atom. The lowest BCUT2D eigenvalue weighted by Gasteiger charge is -2.20. The highest BCUT2D eigenvalue weighted by Crippen LogP contribution is 2.60. The second-order valence-electron chi connectivity index (χ2n) is 4.91. The molecule has 1 fully saturated rings. The molecule has 0 saturated heterocycles. The van der Waals surface area contributed by atoms with Gasteiger partial charge in [0.1, 0.15) is 5.82 Å². The van der Waals surface area contributed by atoms with E-state index in [1.807, 2.05) is 30.3 Å². The highest BCUT2D eigenvalue weighted by Gasteiger charge is 2.62. The van der Waals surface area contributed by atoms with E-state index >= 15 is 0 Å². The Morgan fingerprint density at radius 2 is 1.89 bits per heavy atom. The van der Waals surface area contributed by atoms with Gasteiger partial charge in [-0.1, -0.05) is 27.4 Å². The number of nitrogens with zero attached hydrogens (tertiary/aromatic N) is 2. The van der Waals surface area contributed by atoms with Crippen molar-refractivity contribution in [2.75, 3.05) is 5.73 Å². The number of hydrogen-bond acceptors (Lipinski definition) is 2. The van der Waals surface area contributed by atoms with Gasteiger partial charge in [-0.2, -0.15) is 5.10 Å². The van der Waals surface area contributed by atoms with Crippen LogP contribution < -0.4 is 5.73 Å². The highest BCUT2D eigenvalue weighted by molar-refractivity contribution is 7.18. The summed E-state index contributed by atoms with van der Waals surface area (Å²) in [7, 11) is 1.63. The smallest absolute Gasteiger partial charge is 0.269 e. The van der Waals surface area contributed by atoms with Crippen molar-refractivity contribution in [2.24, 2.45) is 0 Å². The van der Waals surface area contributed by atoms with Gasteiger partial charge in [-0.3, -0.25) is 0 Å². The van der Waals surface area contributed by atoms with E-state index in [9.17, 15) is 8.78 Å². The SMILES string of the molecule is Nc1cc(C2(C(F)(F)P)CC2)nn1-c1ccccc1. The van der Waals surface area contributed by atoms with Crippen molar-refractivity contribution in [3.63, 3.8) is 0 Å². The van der Waals surface area contributed by atoms with E-state index in [-0.39, 0.29) is 0 Å². The minimum atomic E-state index is -2.85. The van der Waals surface area contributed by atoms with Gasteiger partial charge < -0.3 is 5.73 Å². The van der Waals surface area contributed by atoms with Crippen LogP contribution in [0.2, 0.25) is 0 Å². The summed E-state index contributed by atoms with van der Waals surface area (Å²) in [6.07, 6.45) is 0.878. The Morgan fingerprint density at radius 1 is 1.26 bits per heavy atom. The first kappa shape index (κ1) is 12.5. The van der Waals surface area contributed by atoms with Crippen LogP contribution in [0.4, 0.5) is 14.6 Å². The molecular formula is C13H14F2N3P. The van der Waals surface area contributed by atoms with Crippen LogP contribution in [-0.4, -0.2) is 15.4 Å². The number of para-hydroxylation sites is 1. The zero-order valence-electron chi connectivity index (χ0n) is 10.2. The van der Waals surface area contributed by atoms with E-state index in [1.165, 1.54) is 4.68 Å². The fourth-order valence-corrected chi connectivity index (χ4v) is 2.73. The molecular weight excluding hydrogens is 267 g/mol. The average molecular weight is 281 g/mol. The van der Waals surface area contributed by atoms with Gasteiger partial charge in [0.2, 0.25) is 0 Å². The van der Waals surface area contributed by atoms with Crippen LogP contribution in [0.1, 0.15) is 18.5 Å². The number of nitrogen functional groups attached to an aromatic ring is 1.